The maximum absolute atomic E-state index is 11.3. The molecule has 13 heavy (non-hydrogen) atoms. The molecule has 4 heteroatoms. The lowest BCUT2D eigenvalue weighted by molar-refractivity contribution is -0.131. The van der Waals surface area contributed by atoms with Crippen molar-refractivity contribution < 1.29 is 4.79 Å². The maximum atomic E-state index is 11.3. The Balaban J connectivity index is 1.85. The Morgan fingerprint density at radius 2 is 2.00 bits per heavy atom. The molecule has 0 aliphatic carbocycles. The molecule has 0 atom stereocenters. The number of amides is 1. The zero-order chi connectivity index (χ0) is 9.31. The topological polar surface area (TPSA) is 32.3 Å². The molecule has 0 aromatic carbocycles. The predicted molar refractivity (Wildman–Crippen MR) is 54.9 cm³/mol. The van der Waals surface area contributed by atoms with Crippen molar-refractivity contribution in [3.63, 3.8) is 0 Å². The number of nitrogens with zero attached hydrogens (tertiary/aromatic N) is 1. The lowest BCUT2D eigenvalue weighted by atomic mass is 9.73. The number of rotatable bonds is 1. The fourth-order valence-corrected chi connectivity index (χ4v) is 2.50. The molecule has 1 amide bonds. The summed E-state index contributed by atoms with van der Waals surface area (Å²) < 4.78 is 0. The Hall–Kier alpha value is -0.0900. The summed E-state index contributed by atoms with van der Waals surface area (Å²) in [5.41, 5.74) is 0.545. The lowest BCUT2D eigenvalue weighted by Gasteiger charge is -2.48. The van der Waals surface area contributed by atoms with Crippen LogP contribution in [0, 0.1) is 5.41 Å². The Kier molecular flexibility index (Phi) is 2.60. The van der Waals surface area contributed by atoms with Gasteiger partial charge in [-0.15, -0.1) is 0 Å². The predicted octanol–water partition coefficient (Wildman–Crippen LogP) is 0.593. The first-order chi connectivity index (χ1) is 6.26. The Bertz CT molecular complexity index is 206. The molecule has 2 heterocycles. The van der Waals surface area contributed by atoms with Crippen molar-refractivity contribution in [3.05, 3.63) is 0 Å². The van der Waals surface area contributed by atoms with Gasteiger partial charge < -0.3 is 10.2 Å². The molecule has 0 bridgehead atoms. The van der Waals surface area contributed by atoms with E-state index in [1.165, 1.54) is 12.8 Å². The first kappa shape index (κ1) is 9.46. The van der Waals surface area contributed by atoms with E-state index >= 15 is 0 Å². The summed E-state index contributed by atoms with van der Waals surface area (Å²) in [6, 6.07) is 0. The van der Waals surface area contributed by atoms with Crippen LogP contribution in [0.5, 0.6) is 0 Å². The molecule has 0 unspecified atom stereocenters. The maximum Gasteiger partial charge on any atom is 0.233 e. The molecular weight excluding hydrogens is 232 g/mol. The zero-order valence-electron chi connectivity index (χ0n) is 7.68. The molecule has 74 valence electrons. The number of carbonyl (C=O) groups excluding carboxylic acids is 1. The minimum Gasteiger partial charge on any atom is -0.342 e. The van der Waals surface area contributed by atoms with E-state index < -0.39 is 0 Å². The van der Waals surface area contributed by atoms with Crippen molar-refractivity contribution in [1.29, 1.82) is 0 Å². The average molecular weight is 247 g/mol. The Morgan fingerprint density at radius 3 is 2.38 bits per heavy atom. The van der Waals surface area contributed by atoms with Gasteiger partial charge in [0.15, 0.2) is 0 Å². The zero-order valence-corrected chi connectivity index (χ0v) is 9.27. The van der Waals surface area contributed by atoms with Gasteiger partial charge in [0.1, 0.15) is 0 Å². The van der Waals surface area contributed by atoms with Crippen molar-refractivity contribution in [3.8, 4) is 0 Å². The molecule has 2 fully saturated rings. The molecular formula is C9H15BrN2O. The number of likely N-dealkylation sites (tertiary alicyclic amines) is 1. The van der Waals surface area contributed by atoms with Gasteiger partial charge in [0.2, 0.25) is 5.91 Å². The molecule has 3 nitrogen and oxygen atoms in total. The first-order valence-electron chi connectivity index (χ1n) is 4.80. The van der Waals surface area contributed by atoms with Crippen LogP contribution in [-0.2, 0) is 4.79 Å². The second kappa shape index (κ2) is 3.58. The fraction of sp³-hybridized carbons (Fsp3) is 0.889. The summed E-state index contributed by atoms with van der Waals surface area (Å²) >= 11 is 3.21. The number of hydrogen-bond donors (Lipinski definition) is 1. The molecule has 2 aliphatic rings. The molecule has 1 spiro atoms. The van der Waals surface area contributed by atoms with Gasteiger partial charge in [-0.25, -0.2) is 0 Å². The highest BCUT2D eigenvalue weighted by Crippen LogP contribution is 2.34. The summed E-state index contributed by atoms with van der Waals surface area (Å²) in [5.74, 6) is 0.238. The average Bonchev–Trinajstić information content (AvgIpc) is 2.14. The summed E-state index contributed by atoms with van der Waals surface area (Å²) in [7, 11) is 0. The highest BCUT2D eigenvalue weighted by molar-refractivity contribution is 9.09. The number of hydrogen-bond acceptors (Lipinski definition) is 2. The van der Waals surface area contributed by atoms with E-state index in [0.717, 1.165) is 26.2 Å². The van der Waals surface area contributed by atoms with Crippen molar-refractivity contribution in [2.45, 2.75) is 12.8 Å². The van der Waals surface area contributed by atoms with Crippen molar-refractivity contribution >= 4 is 21.8 Å². The van der Waals surface area contributed by atoms with Crippen molar-refractivity contribution in [1.82, 2.24) is 10.2 Å². The minimum absolute atomic E-state index is 0.238. The molecule has 2 aliphatic heterocycles. The normalized spacial score (nSPS) is 25.8. The van der Waals surface area contributed by atoms with E-state index in [4.69, 9.17) is 0 Å². The van der Waals surface area contributed by atoms with Gasteiger partial charge in [0.05, 0.1) is 5.33 Å². The van der Waals surface area contributed by atoms with E-state index in [-0.39, 0.29) is 5.91 Å². The van der Waals surface area contributed by atoms with Crippen LogP contribution in [-0.4, -0.2) is 42.3 Å². The summed E-state index contributed by atoms with van der Waals surface area (Å²) in [6.07, 6.45) is 2.36. The van der Waals surface area contributed by atoms with Gasteiger partial charge in [-0.2, -0.15) is 0 Å². The SMILES string of the molecule is O=C(CBr)N1CCC2(CC1)CNC2. The summed E-state index contributed by atoms with van der Waals surface area (Å²) in [5, 5.41) is 3.79. The second-order valence-electron chi connectivity index (χ2n) is 4.12. The highest BCUT2D eigenvalue weighted by Gasteiger charge is 2.40. The lowest BCUT2D eigenvalue weighted by Crippen LogP contribution is -2.58. The van der Waals surface area contributed by atoms with Gasteiger partial charge >= 0.3 is 0 Å². The van der Waals surface area contributed by atoms with Gasteiger partial charge in [-0.3, -0.25) is 4.79 Å². The standard InChI is InChI=1S/C9H15BrN2O/c10-5-8(13)12-3-1-9(2-4-12)6-11-7-9/h11H,1-7H2. The molecule has 1 N–H and O–H groups in total. The van der Waals surface area contributed by atoms with Gasteiger partial charge in [0, 0.05) is 26.2 Å². The van der Waals surface area contributed by atoms with E-state index in [9.17, 15) is 4.79 Å². The Labute approximate surface area is 87.0 Å². The van der Waals surface area contributed by atoms with Crippen LogP contribution >= 0.6 is 15.9 Å². The monoisotopic (exact) mass is 246 g/mol. The van der Waals surface area contributed by atoms with Gasteiger partial charge in [-0.05, 0) is 18.3 Å². The van der Waals surface area contributed by atoms with E-state index in [0.29, 0.717) is 10.7 Å². The molecule has 0 saturated carbocycles. The van der Waals surface area contributed by atoms with Crippen LogP contribution in [0.1, 0.15) is 12.8 Å². The van der Waals surface area contributed by atoms with E-state index in [2.05, 4.69) is 21.2 Å². The molecule has 0 aromatic rings. The number of alkyl halides is 1. The number of halogens is 1. The van der Waals surface area contributed by atoms with Gasteiger partial charge in [0.25, 0.3) is 0 Å². The summed E-state index contributed by atoms with van der Waals surface area (Å²) in [6.45, 7) is 4.21. The second-order valence-corrected chi connectivity index (χ2v) is 4.68. The quantitative estimate of drug-likeness (QED) is 0.688. The molecule has 2 saturated heterocycles. The van der Waals surface area contributed by atoms with Crippen molar-refractivity contribution in [2.75, 3.05) is 31.5 Å². The summed E-state index contributed by atoms with van der Waals surface area (Å²) in [4.78, 5) is 13.3. The Morgan fingerprint density at radius 1 is 1.38 bits per heavy atom. The molecule has 0 aromatic heterocycles. The van der Waals surface area contributed by atoms with Crippen LogP contribution in [0.4, 0.5) is 0 Å². The van der Waals surface area contributed by atoms with Crippen molar-refractivity contribution in [2.24, 2.45) is 5.41 Å². The minimum atomic E-state index is 0.238. The number of nitrogens with one attached hydrogen (secondary N) is 1. The highest BCUT2D eigenvalue weighted by atomic mass is 79.9. The van der Waals surface area contributed by atoms with E-state index in [1.807, 2.05) is 4.90 Å². The third kappa shape index (κ3) is 1.74. The van der Waals surface area contributed by atoms with Crippen LogP contribution in [0.25, 0.3) is 0 Å². The van der Waals surface area contributed by atoms with Gasteiger partial charge in [-0.1, -0.05) is 15.9 Å². The van der Waals surface area contributed by atoms with Crippen LogP contribution in [0.3, 0.4) is 0 Å². The van der Waals surface area contributed by atoms with Crippen LogP contribution < -0.4 is 5.32 Å². The molecule has 2 rings (SSSR count). The fourth-order valence-electron chi connectivity index (χ4n) is 2.15. The largest absolute Gasteiger partial charge is 0.342 e. The first-order valence-corrected chi connectivity index (χ1v) is 5.92. The third-order valence-electron chi connectivity index (χ3n) is 3.29. The van der Waals surface area contributed by atoms with Crippen LogP contribution in [0.2, 0.25) is 0 Å². The third-order valence-corrected chi connectivity index (χ3v) is 3.77. The van der Waals surface area contributed by atoms with E-state index in [1.54, 1.807) is 0 Å². The number of carbonyl (C=O) groups is 1. The smallest absolute Gasteiger partial charge is 0.233 e. The van der Waals surface area contributed by atoms with Crippen LogP contribution in [0.15, 0.2) is 0 Å². The molecule has 0 radical (unpaired) electrons. The number of piperidine rings is 1.